The van der Waals surface area contributed by atoms with E-state index in [-0.39, 0.29) is 17.9 Å². The summed E-state index contributed by atoms with van der Waals surface area (Å²) >= 11 is 0. The number of carbonyl (C=O) groups is 1. The van der Waals surface area contributed by atoms with E-state index < -0.39 is 0 Å². The molecule has 3 N–H and O–H groups in total. The summed E-state index contributed by atoms with van der Waals surface area (Å²) < 4.78 is 0. The largest absolute Gasteiger partial charge is 0.386 e. The van der Waals surface area contributed by atoms with Crippen molar-refractivity contribution in [1.82, 2.24) is 9.80 Å². The van der Waals surface area contributed by atoms with Crippen LogP contribution in [-0.4, -0.2) is 48.9 Å². The Morgan fingerprint density at radius 2 is 1.83 bits per heavy atom. The Kier molecular flexibility index (Phi) is 3.53. The fourth-order valence-electron chi connectivity index (χ4n) is 0.690. The fraction of sp³-hybridized carbons (Fsp3) is 0.714. The lowest BCUT2D eigenvalue weighted by atomic mass is 10.3. The number of nitrogens with two attached hydrogens (primary N) is 1. The minimum absolute atomic E-state index is 0.00676. The molecule has 0 aromatic carbocycles. The standard InChI is InChI=1S/C7H16N4O/c1-5(6(8)9)11(4)7(12)10(2)3/h5H,1-4H3,(H3,8,9). The molecule has 70 valence electrons. The van der Waals surface area contributed by atoms with E-state index in [2.05, 4.69) is 0 Å². The van der Waals surface area contributed by atoms with Crippen LogP contribution in [0, 0.1) is 5.41 Å². The van der Waals surface area contributed by atoms with Crippen LogP contribution >= 0.6 is 0 Å². The number of rotatable bonds is 2. The maximum absolute atomic E-state index is 11.3. The highest BCUT2D eigenvalue weighted by atomic mass is 16.2. The van der Waals surface area contributed by atoms with Crippen LogP contribution in [0.3, 0.4) is 0 Å². The minimum Gasteiger partial charge on any atom is -0.386 e. The van der Waals surface area contributed by atoms with Gasteiger partial charge in [0.25, 0.3) is 0 Å². The first-order chi connectivity index (χ1) is 5.37. The molecule has 2 amide bonds. The molecule has 0 spiro atoms. The lowest BCUT2D eigenvalue weighted by Gasteiger charge is -2.26. The summed E-state index contributed by atoms with van der Waals surface area (Å²) in [7, 11) is 4.94. The van der Waals surface area contributed by atoms with Gasteiger partial charge in [-0.15, -0.1) is 0 Å². The molecule has 0 aliphatic heterocycles. The number of likely N-dealkylation sites (N-methyl/N-ethyl adjacent to an activating group) is 1. The van der Waals surface area contributed by atoms with Crippen molar-refractivity contribution in [3.05, 3.63) is 0 Å². The number of urea groups is 1. The minimum atomic E-state index is -0.347. The Bertz CT molecular complexity index is 190. The van der Waals surface area contributed by atoms with Crippen LogP contribution in [0.2, 0.25) is 0 Å². The summed E-state index contributed by atoms with van der Waals surface area (Å²) in [5, 5.41) is 7.13. The van der Waals surface area contributed by atoms with Gasteiger partial charge < -0.3 is 15.5 Å². The zero-order valence-corrected chi connectivity index (χ0v) is 7.96. The van der Waals surface area contributed by atoms with Crippen molar-refractivity contribution in [3.8, 4) is 0 Å². The third-order valence-electron chi connectivity index (χ3n) is 1.72. The molecule has 1 unspecified atom stereocenters. The molecule has 0 rings (SSSR count). The highest BCUT2D eigenvalue weighted by Crippen LogP contribution is 1.98. The van der Waals surface area contributed by atoms with Crippen LogP contribution in [-0.2, 0) is 0 Å². The van der Waals surface area contributed by atoms with Gasteiger partial charge in [-0.25, -0.2) is 4.79 Å². The van der Waals surface area contributed by atoms with Gasteiger partial charge >= 0.3 is 6.03 Å². The van der Waals surface area contributed by atoms with E-state index in [0.717, 1.165) is 0 Å². The summed E-state index contributed by atoms with van der Waals surface area (Å²) in [5.41, 5.74) is 5.25. The van der Waals surface area contributed by atoms with Gasteiger partial charge in [-0.1, -0.05) is 0 Å². The van der Waals surface area contributed by atoms with E-state index in [1.165, 1.54) is 9.80 Å². The number of amidine groups is 1. The maximum atomic E-state index is 11.3. The zero-order valence-electron chi connectivity index (χ0n) is 7.96. The van der Waals surface area contributed by atoms with E-state index in [1.54, 1.807) is 28.1 Å². The first-order valence-corrected chi connectivity index (χ1v) is 3.66. The summed E-state index contributed by atoms with van der Waals surface area (Å²) in [6.07, 6.45) is 0. The van der Waals surface area contributed by atoms with Gasteiger partial charge in [0.2, 0.25) is 0 Å². The van der Waals surface area contributed by atoms with E-state index in [9.17, 15) is 4.79 Å². The number of nitrogens with zero attached hydrogens (tertiary/aromatic N) is 2. The predicted octanol–water partition coefficient (Wildman–Crippen LogP) is -0.0757. The van der Waals surface area contributed by atoms with E-state index in [4.69, 9.17) is 11.1 Å². The first-order valence-electron chi connectivity index (χ1n) is 3.66. The van der Waals surface area contributed by atoms with Gasteiger partial charge in [-0.3, -0.25) is 5.41 Å². The maximum Gasteiger partial charge on any atom is 0.319 e. The first kappa shape index (κ1) is 10.7. The van der Waals surface area contributed by atoms with Crippen molar-refractivity contribution < 1.29 is 4.79 Å². The highest BCUT2D eigenvalue weighted by Gasteiger charge is 2.18. The third-order valence-corrected chi connectivity index (χ3v) is 1.72. The molecule has 0 aromatic heterocycles. The summed E-state index contributed by atoms with van der Waals surface area (Å²) in [6.45, 7) is 1.71. The van der Waals surface area contributed by atoms with E-state index in [0.29, 0.717) is 0 Å². The van der Waals surface area contributed by atoms with Crippen molar-refractivity contribution in [2.45, 2.75) is 13.0 Å². The molecule has 0 saturated heterocycles. The number of carbonyl (C=O) groups excluding carboxylic acids is 1. The lowest BCUT2D eigenvalue weighted by molar-refractivity contribution is 0.177. The Labute approximate surface area is 72.6 Å². The van der Waals surface area contributed by atoms with Crippen LogP contribution in [0.1, 0.15) is 6.92 Å². The smallest absolute Gasteiger partial charge is 0.319 e. The van der Waals surface area contributed by atoms with E-state index in [1.807, 2.05) is 0 Å². The monoisotopic (exact) mass is 172 g/mol. The molecule has 0 bridgehead atoms. The van der Waals surface area contributed by atoms with Crippen LogP contribution in [0.5, 0.6) is 0 Å². The quantitative estimate of drug-likeness (QED) is 0.452. The van der Waals surface area contributed by atoms with Gasteiger partial charge in [0.15, 0.2) is 0 Å². The van der Waals surface area contributed by atoms with Crippen molar-refractivity contribution in [2.24, 2.45) is 5.73 Å². The molecule has 0 aliphatic rings. The molecule has 0 fully saturated rings. The average molecular weight is 172 g/mol. The van der Waals surface area contributed by atoms with Crippen molar-refractivity contribution in [1.29, 1.82) is 5.41 Å². The number of amides is 2. The van der Waals surface area contributed by atoms with Gasteiger partial charge in [-0.2, -0.15) is 0 Å². The zero-order chi connectivity index (χ0) is 9.89. The lowest BCUT2D eigenvalue weighted by Crippen LogP contribution is -2.47. The Morgan fingerprint density at radius 3 is 2.08 bits per heavy atom. The molecule has 5 heteroatoms. The second kappa shape index (κ2) is 3.94. The Balaban J connectivity index is 4.29. The molecule has 0 heterocycles. The molecule has 1 atom stereocenters. The van der Waals surface area contributed by atoms with Gasteiger partial charge in [0, 0.05) is 21.1 Å². The molecular weight excluding hydrogens is 156 g/mol. The third kappa shape index (κ3) is 2.41. The number of hydrogen-bond donors (Lipinski definition) is 2. The number of nitrogens with one attached hydrogen (secondary N) is 1. The molecule has 5 nitrogen and oxygen atoms in total. The van der Waals surface area contributed by atoms with Crippen LogP contribution in [0.4, 0.5) is 4.79 Å². The fourth-order valence-corrected chi connectivity index (χ4v) is 0.690. The van der Waals surface area contributed by atoms with Crippen LogP contribution < -0.4 is 5.73 Å². The Hall–Kier alpha value is -1.26. The second-order valence-corrected chi connectivity index (χ2v) is 2.92. The average Bonchev–Trinajstić information content (AvgIpc) is 2.00. The van der Waals surface area contributed by atoms with Crippen LogP contribution in [0.15, 0.2) is 0 Å². The SMILES string of the molecule is CC(C(=N)N)N(C)C(=O)N(C)C. The normalized spacial score (nSPS) is 12.0. The molecule has 12 heavy (non-hydrogen) atoms. The molecule has 0 saturated carbocycles. The van der Waals surface area contributed by atoms with Gasteiger partial charge in [-0.05, 0) is 6.92 Å². The van der Waals surface area contributed by atoms with Crippen molar-refractivity contribution in [2.75, 3.05) is 21.1 Å². The predicted molar refractivity (Wildman–Crippen MR) is 48.2 cm³/mol. The Morgan fingerprint density at radius 1 is 1.42 bits per heavy atom. The van der Waals surface area contributed by atoms with Gasteiger partial charge in [0.05, 0.1) is 6.04 Å². The second-order valence-electron chi connectivity index (χ2n) is 2.92. The summed E-state index contributed by atoms with van der Waals surface area (Å²) in [5.74, 6) is -0.00676. The summed E-state index contributed by atoms with van der Waals surface area (Å²) in [4.78, 5) is 14.2. The highest BCUT2D eigenvalue weighted by molar-refractivity contribution is 5.87. The molecular formula is C7H16N4O. The molecule has 0 radical (unpaired) electrons. The molecule has 0 aliphatic carbocycles. The summed E-state index contributed by atoms with van der Waals surface area (Å²) in [6, 6.07) is -0.502. The van der Waals surface area contributed by atoms with E-state index >= 15 is 0 Å². The topological polar surface area (TPSA) is 73.4 Å². The van der Waals surface area contributed by atoms with Crippen LogP contribution in [0.25, 0.3) is 0 Å². The van der Waals surface area contributed by atoms with Crippen molar-refractivity contribution >= 4 is 11.9 Å². The number of hydrogen-bond acceptors (Lipinski definition) is 2. The molecule has 0 aromatic rings. The van der Waals surface area contributed by atoms with Crippen molar-refractivity contribution in [3.63, 3.8) is 0 Å². The van der Waals surface area contributed by atoms with Gasteiger partial charge in [0.1, 0.15) is 5.84 Å².